The van der Waals surface area contributed by atoms with Gasteiger partial charge in [-0.05, 0) is 37.3 Å². The normalized spacial score (nSPS) is 13.3. The molecule has 2 rings (SSSR count). The number of nitrogens with two attached hydrogens (primary N) is 1. The van der Waals surface area contributed by atoms with Crippen LogP contribution in [0.15, 0.2) is 45.9 Å². The van der Waals surface area contributed by atoms with Crippen molar-refractivity contribution in [1.29, 1.82) is 0 Å². The number of sulfonamides is 1. The van der Waals surface area contributed by atoms with Gasteiger partial charge in [0.25, 0.3) is 0 Å². The standard InChI is InChI=1S/C14H17FN2O3S/c1-10(7-12-3-2-6-20-12)17-21(18,19)13-4-5-14(15)11(8-13)9-16/h2-6,8,10,17H,7,9,16H2,1H3. The van der Waals surface area contributed by atoms with E-state index in [1.54, 1.807) is 19.1 Å². The molecule has 0 amide bonds. The molecule has 0 radical (unpaired) electrons. The number of hydrogen-bond donors (Lipinski definition) is 2. The van der Waals surface area contributed by atoms with Gasteiger partial charge in [-0.15, -0.1) is 0 Å². The van der Waals surface area contributed by atoms with Crippen molar-refractivity contribution in [2.24, 2.45) is 5.73 Å². The Kier molecular flexibility index (Phi) is 4.76. The first-order valence-electron chi connectivity index (χ1n) is 6.45. The maximum absolute atomic E-state index is 13.4. The zero-order chi connectivity index (χ0) is 15.5. The SMILES string of the molecule is CC(Cc1ccco1)NS(=O)(=O)c1ccc(F)c(CN)c1. The number of furan rings is 1. The molecule has 0 saturated carbocycles. The van der Waals surface area contributed by atoms with Gasteiger partial charge in [0.2, 0.25) is 10.0 Å². The van der Waals surface area contributed by atoms with Gasteiger partial charge in [-0.25, -0.2) is 17.5 Å². The molecule has 7 heteroatoms. The van der Waals surface area contributed by atoms with Gasteiger partial charge in [0, 0.05) is 24.6 Å². The summed E-state index contributed by atoms with van der Waals surface area (Å²) in [6, 6.07) is 6.73. The van der Waals surface area contributed by atoms with E-state index in [9.17, 15) is 12.8 Å². The first-order valence-corrected chi connectivity index (χ1v) is 7.94. The Bertz CT molecular complexity index is 699. The van der Waals surface area contributed by atoms with Crippen LogP contribution in [-0.4, -0.2) is 14.5 Å². The third-order valence-corrected chi connectivity index (χ3v) is 4.58. The maximum atomic E-state index is 13.4. The molecule has 3 N–H and O–H groups in total. The first-order chi connectivity index (χ1) is 9.92. The molecule has 0 aliphatic heterocycles. The fraction of sp³-hybridized carbons (Fsp3) is 0.286. The number of hydrogen-bond acceptors (Lipinski definition) is 4. The Morgan fingerprint density at radius 3 is 2.76 bits per heavy atom. The van der Waals surface area contributed by atoms with E-state index in [1.165, 1.54) is 18.4 Å². The minimum Gasteiger partial charge on any atom is -0.469 e. The van der Waals surface area contributed by atoms with Crippen molar-refractivity contribution in [3.05, 3.63) is 53.7 Å². The highest BCUT2D eigenvalue weighted by molar-refractivity contribution is 7.89. The Morgan fingerprint density at radius 1 is 1.38 bits per heavy atom. The van der Waals surface area contributed by atoms with Gasteiger partial charge in [-0.2, -0.15) is 0 Å². The second-order valence-corrected chi connectivity index (χ2v) is 6.48. The van der Waals surface area contributed by atoms with Crippen molar-refractivity contribution in [3.8, 4) is 0 Å². The Balaban J connectivity index is 2.14. The highest BCUT2D eigenvalue weighted by Gasteiger charge is 2.19. The molecule has 114 valence electrons. The van der Waals surface area contributed by atoms with Crippen molar-refractivity contribution in [3.63, 3.8) is 0 Å². The van der Waals surface area contributed by atoms with Gasteiger partial charge in [-0.1, -0.05) is 0 Å². The summed E-state index contributed by atoms with van der Waals surface area (Å²) in [5, 5.41) is 0. The number of benzene rings is 1. The van der Waals surface area contributed by atoms with Gasteiger partial charge < -0.3 is 10.2 Å². The summed E-state index contributed by atoms with van der Waals surface area (Å²) >= 11 is 0. The lowest BCUT2D eigenvalue weighted by atomic mass is 10.2. The van der Waals surface area contributed by atoms with E-state index >= 15 is 0 Å². The molecular formula is C14H17FN2O3S. The molecule has 21 heavy (non-hydrogen) atoms. The van der Waals surface area contributed by atoms with Crippen molar-refractivity contribution < 1.29 is 17.2 Å². The average molecular weight is 312 g/mol. The van der Waals surface area contributed by atoms with Gasteiger partial charge in [0.15, 0.2) is 0 Å². The summed E-state index contributed by atoms with van der Waals surface area (Å²) in [6.45, 7) is 1.67. The molecule has 0 saturated heterocycles. The van der Waals surface area contributed by atoms with Crippen molar-refractivity contribution in [2.75, 3.05) is 0 Å². The van der Waals surface area contributed by atoms with Crippen LogP contribution >= 0.6 is 0 Å². The molecule has 1 heterocycles. The molecule has 0 aliphatic carbocycles. The van der Waals surface area contributed by atoms with E-state index in [-0.39, 0.29) is 23.0 Å². The molecule has 0 bridgehead atoms. The fourth-order valence-corrected chi connectivity index (χ4v) is 3.27. The minimum atomic E-state index is -3.73. The van der Waals surface area contributed by atoms with Gasteiger partial charge in [0.1, 0.15) is 11.6 Å². The summed E-state index contributed by atoms with van der Waals surface area (Å²) in [4.78, 5) is -0.00403. The summed E-state index contributed by atoms with van der Waals surface area (Å²) in [5.74, 6) is 0.173. The fourth-order valence-electron chi connectivity index (χ4n) is 1.98. The zero-order valence-corrected chi connectivity index (χ0v) is 12.4. The van der Waals surface area contributed by atoms with Crippen LogP contribution in [0.3, 0.4) is 0 Å². The largest absolute Gasteiger partial charge is 0.469 e. The van der Waals surface area contributed by atoms with Gasteiger partial charge >= 0.3 is 0 Å². The average Bonchev–Trinajstić information content (AvgIpc) is 2.91. The Morgan fingerprint density at radius 2 is 2.14 bits per heavy atom. The van der Waals surface area contributed by atoms with Crippen LogP contribution in [0.25, 0.3) is 0 Å². The van der Waals surface area contributed by atoms with Crippen molar-refractivity contribution >= 4 is 10.0 Å². The van der Waals surface area contributed by atoms with Crippen molar-refractivity contribution in [2.45, 2.75) is 30.8 Å². The summed E-state index contributed by atoms with van der Waals surface area (Å²) in [5.41, 5.74) is 5.55. The predicted octanol–water partition coefficient (Wildman–Crippen LogP) is 1.79. The number of halogens is 1. The molecule has 0 spiro atoms. The zero-order valence-electron chi connectivity index (χ0n) is 11.5. The van der Waals surface area contributed by atoms with Crippen molar-refractivity contribution in [1.82, 2.24) is 4.72 Å². The van der Waals surface area contributed by atoms with Crippen LogP contribution in [0.5, 0.6) is 0 Å². The summed E-state index contributed by atoms with van der Waals surface area (Å²) < 4.78 is 45.6. The highest BCUT2D eigenvalue weighted by atomic mass is 32.2. The predicted molar refractivity (Wildman–Crippen MR) is 76.5 cm³/mol. The van der Waals surface area contributed by atoms with E-state index in [0.717, 1.165) is 6.07 Å². The van der Waals surface area contributed by atoms with E-state index in [0.29, 0.717) is 12.2 Å². The van der Waals surface area contributed by atoms with Crippen LogP contribution in [-0.2, 0) is 23.0 Å². The second kappa shape index (κ2) is 6.38. The molecular weight excluding hydrogens is 295 g/mol. The molecule has 2 aromatic rings. The lowest BCUT2D eigenvalue weighted by Crippen LogP contribution is -2.34. The lowest BCUT2D eigenvalue weighted by molar-refractivity contribution is 0.479. The van der Waals surface area contributed by atoms with E-state index in [2.05, 4.69) is 4.72 Å². The first kappa shape index (κ1) is 15.7. The molecule has 1 aromatic carbocycles. The van der Waals surface area contributed by atoms with Crippen LogP contribution in [0, 0.1) is 5.82 Å². The van der Waals surface area contributed by atoms with E-state index in [4.69, 9.17) is 10.2 Å². The quantitative estimate of drug-likeness (QED) is 0.851. The maximum Gasteiger partial charge on any atom is 0.240 e. The Hall–Kier alpha value is -1.70. The second-order valence-electron chi connectivity index (χ2n) is 4.76. The molecule has 1 unspecified atom stereocenters. The molecule has 5 nitrogen and oxygen atoms in total. The highest BCUT2D eigenvalue weighted by Crippen LogP contribution is 2.15. The third-order valence-electron chi connectivity index (χ3n) is 2.99. The van der Waals surface area contributed by atoms with E-state index in [1.807, 2.05) is 0 Å². The summed E-state index contributed by atoms with van der Waals surface area (Å²) in [7, 11) is -3.73. The Labute approximate surface area is 123 Å². The van der Waals surface area contributed by atoms with Crippen LogP contribution < -0.4 is 10.5 Å². The molecule has 1 atom stereocenters. The monoisotopic (exact) mass is 312 g/mol. The van der Waals surface area contributed by atoms with Crippen LogP contribution in [0.1, 0.15) is 18.2 Å². The molecule has 0 fully saturated rings. The third kappa shape index (κ3) is 3.90. The molecule has 1 aromatic heterocycles. The van der Waals surface area contributed by atoms with Crippen LogP contribution in [0.4, 0.5) is 4.39 Å². The van der Waals surface area contributed by atoms with Gasteiger partial charge in [-0.3, -0.25) is 0 Å². The number of nitrogens with one attached hydrogen (secondary N) is 1. The minimum absolute atomic E-state index is 0.00403. The topological polar surface area (TPSA) is 85.3 Å². The van der Waals surface area contributed by atoms with Crippen LogP contribution in [0.2, 0.25) is 0 Å². The molecule has 0 aliphatic rings. The summed E-state index contributed by atoms with van der Waals surface area (Å²) in [6.07, 6.45) is 1.96. The van der Waals surface area contributed by atoms with E-state index < -0.39 is 15.8 Å². The van der Waals surface area contributed by atoms with Gasteiger partial charge in [0.05, 0.1) is 11.2 Å². The number of rotatable bonds is 6. The lowest BCUT2D eigenvalue weighted by Gasteiger charge is -2.13. The smallest absolute Gasteiger partial charge is 0.240 e.